The maximum Gasteiger partial charge on any atom is 0.333 e. The second-order valence-electron chi connectivity index (χ2n) is 3.43. The third-order valence-corrected chi connectivity index (χ3v) is 2.03. The summed E-state index contributed by atoms with van der Waals surface area (Å²) in [6, 6.07) is 0. The molecule has 3 heteroatoms. The molecule has 0 unspecified atom stereocenters. The lowest BCUT2D eigenvalue weighted by molar-refractivity contribution is -0.139. The number of hydrogen-bond donors (Lipinski definition) is 0. The summed E-state index contributed by atoms with van der Waals surface area (Å²) in [6.07, 6.45) is 3.10. The first kappa shape index (κ1) is 13.7. The topological polar surface area (TPSA) is 43.4 Å². The molecule has 0 saturated heterocycles. The molecule has 0 spiro atoms. The van der Waals surface area contributed by atoms with Crippen molar-refractivity contribution in [3.05, 3.63) is 17.7 Å². The minimum Gasteiger partial charge on any atom is -0.462 e. The highest BCUT2D eigenvalue weighted by Crippen LogP contribution is 2.07. The van der Waals surface area contributed by atoms with Gasteiger partial charge in [-0.25, -0.2) is 9.59 Å². The molecule has 0 aliphatic carbocycles. The monoisotopic (exact) mass is 210 g/mol. The molecule has 0 amide bonds. The highest BCUT2D eigenvalue weighted by atomic mass is 16.5. The van der Waals surface area contributed by atoms with Gasteiger partial charge in [-0.1, -0.05) is 13.5 Å². The van der Waals surface area contributed by atoms with Crippen LogP contribution in [0.1, 0.15) is 39.5 Å². The largest absolute Gasteiger partial charge is 0.462 e. The van der Waals surface area contributed by atoms with Gasteiger partial charge in [0.25, 0.3) is 0 Å². The smallest absolute Gasteiger partial charge is 0.333 e. The molecule has 0 aromatic heterocycles. The molecule has 0 heterocycles. The number of rotatable bonds is 7. The quantitative estimate of drug-likeness (QED) is 0.280. The van der Waals surface area contributed by atoms with E-state index < -0.39 is 0 Å². The van der Waals surface area contributed by atoms with Crippen LogP contribution >= 0.6 is 0 Å². The van der Waals surface area contributed by atoms with E-state index in [0.29, 0.717) is 12.2 Å². The normalized spacial score (nSPS) is 9.20. The summed E-state index contributed by atoms with van der Waals surface area (Å²) in [4.78, 5) is 21.3. The van der Waals surface area contributed by atoms with Crippen LogP contribution < -0.4 is 0 Å². The molecule has 0 N–H and O–H groups in total. The molecule has 0 bridgehead atoms. The number of allylic oxidation sites excluding steroid dienone is 1. The number of ether oxygens (including phenoxy) is 1. The van der Waals surface area contributed by atoms with Crippen LogP contribution in [0, 0.1) is 0 Å². The molecule has 0 aromatic rings. The van der Waals surface area contributed by atoms with E-state index in [-0.39, 0.29) is 5.97 Å². The first-order valence-corrected chi connectivity index (χ1v) is 5.17. The Labute approximate surface area is 90.8 Å². The Morgan fingerprint density at radius 3 is 2.53 bits per heavy atom. The number of hydrogen-bond acceptors (Lipinski definition) is 3. The van der Waals surface area contributed by atoms with Crippen molar-refractivity contribution in [1.29, 1.82) is 0 Å². The first-order chi connectivity index (χ1) is 7.11. The summed E-state index contributed by atoms with van der Waals surface area (Å²) in [5.74, 6) is 1.56. The molecular weight excluding hydrogens is 192 g/mol. The Kier molecular flexibility index (Phi) is 7.29. The summed E-state index contributed by atoms with van der Waals surface area (Å²) >= 11 is 0. The Morgan fingerprint density at radius 1 is 1.40 bits per heavy atom. The van der Waals surface area contributed by atoms with E-state index >= 15 is 0 Å². The molecule has 0 saturated carbocycles. The molecule has 0 fully saturated rings. The summed E-state index contributed by atoms with van der Waals surface area (Å²) in [5.41, 5.74) is 1.21. The molecule has 0 aromatic carbocycles. The van der Waals surface area contributed by atoms with Crippen molar-refractivity contribution in [2.75, 3.05) is 6.61 Å². The lowest BCUT2D eigenvalue weighted by Gasteiger charge is -2.03. The molecular formula is C12H18O3. The zero-order valence-electron chi connectivity index (χ0n) is 9.47. The van der Waals surface area contributed by atoms with Gasteiger partial charge in [-0.15, -0.1) is 0 Å². The number of esters is 1. The lowest BCUT2D eigenvalue weighted by Crippen LogP contribution is -2.06. The van der Waals surface area contributed by atoms with Crippen molar-refractivity contribution in [1.82, 2.24) is 0 Å². The highest BCUT2D eigenvalue weighted by molar-refractivity contribution is 5.86. The van der Waals surface area contributed by atoms with Gasteiger partial charge in [-0.3, -0.25) is 0 Å². The van der Waals surface area contributed by atoms with Crippen LogP contribution in [0.25, 0.3) is 0 Å². The van der Waals surface area contributed by atoms with E-state index in [4.69, 9.17) is 4.74 Å². The van der Waals surface area contributed by atoms with Gasteiger partial charge in [-0.05, 0) is 32.6 Å². The van der Waals surface area contributed by atoms with E-state index in [0.717, 1.165) is 31.3 Å². The van der Waals surface area contributed by atoms with Crippen LogP contribution in [0.4, 0.5) is 0 Å². The van der Waals surface area contributed by atoms with E-state index in [9.17, 15) is 9.59 Å². The van der Waals surface area contributed by atoms with Crippen LogP contribution in [0.15, 0.2) is 17.7 Å². The van der Waals surface area contributed by atoms with Crippen LogP contribution in [0.5, 0.6) is 0 Å². The molecule has 0 aliphatic heterocycles. The fraction of sp³-hybridized carbons (Fsp3) is 0.583. The van der Waals surface area contributed by atoms with Crippen molar-refractivity contribution < 1.29 is 14.3 Å². The first-order valence-electron chi connectivity index (χ1n) is 5.17. The van der Waals surface area contributed by atoms with Crippen LogP contribution in [-0.2, 0) is 14.3 Å². The predicted octanol–water partition coefficient (Wildman–Crippen LogP) is 2.44. The van der Waals surface area contributed by atoms with Gasteiger partial charge in [0, 0.05) is 11.1 Å². The van der Waals surface area contributed by atoms with Crippen LogP contribution in [0.2, 0.25) is 0 Å². The van der Waals surface area contributed by atoms with E-state index in [1.165, 1.54) is 0 Å². The Hall–Kier alpha value is -1.34. The van der Waals surface area contributed by atoms with Gasteiger partial charge in [0.15, 0.2) is 0 Å². The summed E-state index contributed by atoms with van der Waals surface area (Å²) in [5, 5.41) is 0. The second kappa shape index (κ2) is 8.01. The third-order valence-electron chi connectivity index (χ3n) is 2.03. The Morgan fingerprint density at radius 2 is 2.07 bits per heavy atom. The predicted molar refractivity (Wildman–Crippen MR) is 59.1 cm³/mol. The molecule has 0 rings (SSSR count). The van der Waals surface area contributed by atoms with Gasteiger partial charge in [0.2, 0.25) is 0 Å². The summed E-state index contributed by atoms with van der Waals surface area (Å²) in [7, 11) is 0. The molecule has 0 atom stereocenters. The van der Waals surface area contributed by atoms with Crippen LogP contribution in [0.3, 0.4) is 0 Å². The average Bonchev–Trinajstić information content (AvgIpc) is 2.23. The van der Waals surface area contributed by atoms with Crippen LogP contribution in [-0.4, -0.2) is 18.5 Å². The molecule has 84 valence electrons. The average molecular weight is 210 g/mol. The molecule has 3 nitrogen and oxygen atoms in total. The minimum absolute atomic E-state index is 0.350. The molecule has 0 radical (unpaired) electrons. The van der Waals surface area contributed by atoms with Crippen molar-refractivity contribution in [2.45, 2.75) is 39.5 Å². The van der Waals surface area contributed by atoms with Crippen molar-refractivity contribution in [3.8, 4) is 0 Å². The van der Waals surface area contributed by atoms with E-state index in [1.54, 1.807) is 6.92 Å². The summed E-state index contributed by atoms with van der Waals surface area (Å²) < 4.78 is 4.91. The Balaban J connectivity index is 3.52. The zero-order chi connectivity index (χ0) is 11.7. The van der Waals surface area contributed by atoms with Gasteiger partial charge in [0.05, 0.1) is 6.61 Å². The molecule has 15 heavy (non-hydrogen) atoms. The van der Waals surface area contributed by atoms with E-state index in [1.807, 2.05) is 12.9 Å². The van der Waals surface area contributed by atoms with Crippen molar-refractivity contribution in [2.24, 2.45) is 0 Å². The lowest BCUT2D eigenvalue weighted by atomic mass is 10.1. The molecule has 0 aliphatic rings. The fourth-order valence-electron chi connectivity index (χ4n) is 1.03. The second-order valence-corrected chi connectivity index (χ2v) is 3.43. The van der Waals surface area contributed by atoms with Crippen molar-refractivity contribution in [3.63, 3.8) is 0 Å². The van der Waals surface area contributed by atoms with Gasteiger partial charge in [0.1, 0.15) is 5.94 Å². The zero-order valence-corrected chi connectivity index (χ0v) is 9.47. The maximum absolute atomic E-state index is 11.0. The SMILES string of the molecule is C=C(C)C(=O)OCCCCC(=C=O)CC. The highest BCUT2D eigenvalue weighted by Gasteiger charge is 2.02. The van der Waals surface area contributed by atoms with Gasteiger partial charge >= 0.3 is 5.97 Å². The van der Waals surface area contributed by atoms with E-state index in [2.05, 4.69) is 6.58 Å². The van der Waals surface area contributed by atoms with Gasteiger partial charge in [-0.2, -0.15) is 0 Å². The van der Waals surface area contributed by atoms with Crippen molar-refractivity contribution >= 4 is 11.9 Å². The number of carbonyl (C=O) groups excluding carboxylic acids is 2. The van der Waals surface area contributed by atoms with Gasteiger partial charge < -0.3 is 4.74 Å². The minimum atomic E-state index is -0.350. The fourth-order valence-corrected chi connectivity index (χ4v) is 1.03. The third kappa shape index (κ3) is 6.69. The number of unbranched alkanes of at least 4 members (excludes halogenated alkanes) is 1. The summed E-state index contributed by atoms with van der Waals surface area (Å²) in [6.45, 7) is 7.42. The Bertz CT molecular complexity index is 273. The number of carbonyl (C=O) groups is 1. The maximum atomic E-state index is 11.0. The standard InChI is InChI=1S/C12H18O3/c1-4-11(9-13)7-5-6-8-15-12(14)10(2)3/h2,4-8H2,1,3H3.